The van der Waals surface area contributed by atoms with Gasteiger partial charge >= 0.3 is 6.03 Å². The fraction of sp³-hybridized carbons (Fsp3) is 0.267. The molecule has 5 nitrogen and oxygen atoms in total. The second-order valence-corrected chi connectivity index (χ2v) is 4.77. The van der Waals surface area contributed by atoms with Gasteiger partial charge in [-0.25, -0.2) is 4.79 Å². The molecule has 2 rings (SSSR count). The topological polar surface area (TPSA) is 66.5 Å². The fourth-order valence-corrected chi connectivity index (χ4v) is 2.10. The van der Waals surface area contributed by atoms with Crippen molar-refractivity contribution in [3.8, 4) is 0 Å². The van der Waals surface area contributed by atoms with Crippen molar-refractivity contribution in [2.45, 2.75) is 13.3 Å². The van der Waals surface area contributed by atoms with Crippen molar-refractivity contribution in [3.05, 3.63) is 48.0 Å². The predicted octanol–water partition coefficient (Wildman–Crippen LogP) is 1.42. The van der Waals surface area contributed by atoms with Crippen LogP contribution < -0.4 is 5.32 Å². The zero-order valence-corrected chi connectivity index (χ0v) is 11.3. The molecule has 0 aliphatic carbocycles. The Balaban J connectivity index is 2.18. The summed E-state index contributed by atoms with van der Waals surface area (Å²) in [5.41, 5.74) is 1.99. The Hall–Kier alpha value is -2.43. The molecule has 1 fully saturated rings. The Labute approximate surface area is 117 Å². The lowest BCUT2D eigenvalue weighted by molar-refractivity contribution is -0.142. The number of rotatable bonds is 4. The minimum absolute atomic E-state index is 0.0995. The molecule has 0 unspecified atom stereocenters. The normalized spacial score (nSPS) is 18.9. The van der Waals surface area contributed by atoms with Crippen molar-refractivity contribution in [1.82, 2.24) is 10.2 Å². The van der Waals surface area contributed by atoms with E-state index in [4.69, 9.17) is 0 Å². The molecule has 1 aromatic carbocycles. The number of nitrogens with zero attached hydrogens (tertiary/aromatic N) is 1. The molecule has 104 valence electrons. The quantitative estimate of drug-likeness (QED) is 0.666. The van der Waals surface area contributed by atoms with Crippen molar-refractivity contribution in [2.75, 3.05) is 6.54 Å². The molecule has 1 N–H and O–H groups in total. The number of imide groups is 2. The lowest BCUT2D eigenvalue weighted by Crippen LogP contribution is -2.58. The molecule has 1 aliphatic rings. The number of amides is 4. The molecule has 1 saturated heterocycles. The largest absolute Gasteiger partial charge is 0.331 e. The Morgan fingerprint density at radius 2 is 1.90 bits per heavy atom. The van der Waals surface area contributed by atoms with Gasteiger partial charge in [0.15, 0.2) is 0 Å². The SMILES string of the molecule is C=CCN1C(=O)NC(=O)[C@@H](Cc2ccc(C)cc2)C1=O. The van der Waals surface area contributed by atoms with Gasteiger partial charge in [-0.3, -0.25) is 19.8 Å². The van der Waals surface area contributed by atoms with Crippen molar-refractivity contribution in [1.29, 1.82) is 0 Å². The summed E-state index contributed by atoms with van der Waals surface area (Å²) in [6.07, 6.45) is 1.74. The highest BCUT2D eigenvalue weighted by atomic mass is 16.2. The molecule has 0 saturated carbocycles. The maximum absolute atomic E-state index is 12.2. The van der Waals surface area contributed by atoms with Gasteiger partial charge in [0.1, 0.15) is 5.92 Å². The van der Waals surface area contributed by atoms with Gasteiger partial charge in [0.05, 0.1) is 0 Å². The van der Waals surface area contributed by atoms with E-state index in [9.17, 15) is 14.4 Å². The van der Waals surface area contributed by atoms with Crippen LogP contribution in [0.1, 0.15) is 11.1 Å². The van der Waals surface area contributed by atoms with Crippen LogP contribution in [0.25, 0.3) is 0 Å². The molecule has 5 heteroatoms. The summed E-state index contributed by atoms with van der Waals surface area (Å²) < 4.78 is 0. The Morgan fingerprint density at radius 1 is 1.25 bits per heavy atom. The number of hydrogen-bond acceptors (Lipinski definition) is 3. The summed E-state index contributed by atoms with van der Waals surface area (Å²) in [6.45, 7) is 5.57. The van der Waals surface area contributed by atoms with Crippen LogP contribution >= 0.6 is 0 Å². The first kappa shape index (κ1) is 14.0. The molecule has 0 spiro atoms. The summed E-state index contributed by atoms with van der Waals surface area (Å²) in [4.78, 5) is 36.6. The third-order valence-corrected chi connectivity index (χ3v) is 3.23. The predicted molar refractivity (Wildman–Crippen MR) is 73.8 cm³/mol. The highest BCUT2D eigenvalue weighted by molar-refractivity contribution is 6.16. The van der Waals surface area contributed by atoms with Gasteiger partial charge in [-0.05, 0) is 18.9 Å². The molecular formula is C15H16N2O3. The number of aryl methyl sites for hydroxylation is 1. The first-order valence-electron chi connectivity index (χ1n) is 6.35. The van der Waals surface area contributed by atoms with Gasteiger partial charge < -0.3 is 0 Å². The molecule has 1 atom stereocenters. The number of nitrogens with one attached hydrogen (secondary N) is 1. The van der Waals surface area contributed by atoms with Crippen LogP contribution in [0.5, 0.6) is 0 Å². The van der Waals surface area contributed by atoms with Crippen LogP contribution in [-0.2, 0) is 16.0 Å². The van der Waals surface area contributed by atoms with Crippen molar-refractivity contribution < 1.29 is 14.4 Å². The van der Waals surface area contributed by atoms with Crippen LogP contribution in [0.4, 0.5) is 4.79 Å². The summed E-state index contributed by atoms with van der Waals surface area (Å²) >= 11 is 0. The highest BCUT2D eigenvalue weighted by Crippen LogP contribution is 2.17. The van der Waals surface area contributed by atoms with E-state index in [2.05, 4.69) is 11.9 Å². The molecule has 1 heterocycles. The number of benzene rings is 1. The number of hydrogen-bond donors (Lipinski definition) is 1. The third kappa shape index (κ3) is 2.77. The van der Waals surface area contributed by atoms with Crippen LogP contribution in [0.15, 0.2) is 36.9 Å². The Morgan fingerprint density at radius 3 is 2.50 bits per heavy atom. The van der Waals surface area contributed by atoms with Gasteiger partial charge in [0.2, 0.25) is 11.8 Å². The van der Waals surface area contributed by atoms with E-state index in [1.54, 1.807) is 0 Å². The van der Waals surface area contributed by atoms with E-state index in [-0.39, 0.29) is 13.0 Å². The highest BCUT2D eigenvalue weighted by Gasteiger charge is 2.39. The zero-order chi connectivity index (χ0) is 14.7. The second kappa shape index (κ2) is 5.69. The molecule has 1 aliphatic heterocycles. The van der Waals surface area contributed by atoms with E-state index in [0.717, 1.165) is 16.0 Å². The van der Waals surface area contributed by atoms with E-state index < -0.39 is 23.8 Å². The molecule has 0 radical (unpaired) electrons. The lowest BCUT2D eigenvalue weighted by Gasteiger charge is -2.29. The minimum atomic E-state index is -0.865. The summed E-state index contributed by atoms with van der Waals surface area (Å²) in [6, 6.07) is 6.93. The maximum atomic E-state index is 12.2. The molecule has 1 aromatic rings. The maximum Gasteiger partial charge on any atom is 0.331 e. The Kier molecular flexibility index (Phi) is 3.98. The number of carbonyl (C=O) groups excluding carboxylic acids is 3. The molecular weight excluding hydrogens is 256 g/mol. The summed E-state index contributed by atoms with van der Waals surface area (Å²) in [5.74, 6) is -1.88. The van der Waals surface area contributed by atoms with Gasteiger partial charge in [-0.1, -0.05) is 35.9 Å². The van der Waals surface area contributed by atoms with Crippen molar-refractivity contribution in [2.24, 2.45) is 5.92 Å². The molecule has 4 amide bonds. The summed E-state index contributed by atoms with van der Waals surface area (Å²) in [7, 11) is 0. The van der Waals surface area contributed by atoms with E-state index in [0.29, 0.717) is 0 Å². The fourth-order valence-electron chi connectivity index (χ4n) is 2.10. The van der Waals surface area contributed by atoms with Crippen LogP contribution in [0.2, 0.25) is 0 Å². The average Bonchev–Trinajstić information content (AvgIpc) is 2.41. The first-order chi connectivity index (χ1) is 9.52. The molecule has 0 bridgehead atoms. The first-order valence-corrected chi connectivity index (χ1v) is 6.35. The standard InChI is InChI=1S/C15H16N2O3/c1-3-8-17-14(19)12(13(18)16-15(17)20)9-11-6-4-10(2)5-7-11/h3-7,12H,1,8-9H2,2H3,(H,16,18,20)/t12-/m1/s1. The van der Waals surface area contributed by atoms with Crippen LogP contribution in [0.3, 0.4) is 0 Å². The van der Waals surface area contributed by atoms with Gasteiger partial charge in [0, 0.05) is 6.54 Å². The average molecular weight is 272 g/mol. The van der Waals surface area contributed by atoms with Gasteiger partial charge in [-0.2, -0.15) is 0 Å². The smallest absolute Gasteiger partial charge is 0.277 e. The van der Waals surface area contributed by atoms with E-state index in [1.165, 1.54) is 6.08 Å². The van der Waals surface area contributed by atoms with Gasteiger partial charge in [-0.15, -0.1) is 6.58 Å². The lowest BCUT2D eigenvalue weighted by atomic mass is 9.95. The summed E-state index contributed by atoms with van der Waals surface area (Å²) in [5, 5.41) is 2.21. The monoisotopic (exact) mass is 272 g/mol. The second-order valence-electron chi connectivity index (χ2n) is 4.77. The number of carbonyl (C=O) groups is 3. The number of urea groups is 1. The van der Waals surface area contributed by atoms with Crippen LogP contribution in [0, 0.1) is 12.8 Å². The third-order valence-electron chi connectivity index (χ3n) is 3.23. The van der Waals surface area contributed by atoms with Crippen molar-refractivity contribution >= 4 is 17.8 Å². The van der Waals surface area contributed by atoms with Crippen LogP contribution in [-0.4, -0.2) is 29.3 Å². The van der Waals surface area contributed by atoms with E-state index in [1.807, 2.05) is 31.2 Å². The van der Waals surface area contributed by atoms with Gasteiger partial charge in [0.25, 0.3) is 0 Å². The van der Waals surface area contributed by atoms with Crippen molar-refractivity contribution in [3.63, 3.8) is 0 Å². The zero-order valence-electron chi connectivity index (χ0n) is 11.3. The number of barbiturate groups is 1. The molecule has 20 heavy (non-hydrogen) atoms. The van der Waals surface area contributed by atoms with E-state index >= 15 is 0 Å². The minimum Gasteiger partial charge on any atom is -0.277 e. The Bertz CT molecular complexity index is 563. The molecule has 0 aromatic heterocycles.